The average Bonchev–Trinajstić information content (AvgIpc) is 2.44. The molecule has 0 saturated carbocycles. The number of rotatable bonds is 3. The van der Waals surface area contributed by atoms with Crippen molar-refractivity contribution in [1.29, 1.82) is 0 Å². The molecule has 8 nitrogen and oxygen atoms in total. The van der Waals surface area contributed by atoms with Gasteiger partial charge in [0.2, 0.25) is 21.9 Å². The summed E-state index contributed by atoms with van der Waals surface area (Å²) in [4.78, 5) is 21.6. The van der Waals surface area contributed by atoms with E-state index < -0.39 is 15.6 Å². The van der Waals surface area contributed by atoms with Crippen molar-refractivity contribution in [2.45, 2.75) is 24.3 Å². The first-order chi connectivity index (χ1) is 9.71. The molecule has 1 aliphatic heterocycles. The fraction of sp³-hybridized carbons (Fsp3) is 0.583. The first kappa shape index (κ1) is 15.6. The summed E-state index contributed by atoms with van der Waals surface area (Å²) in [6, 6.07) is 0. The van der Waals surface area contributed by atoms with E-state index in [-0.39, 0.29) is 17.3 Å². The van der Waals surface area contributed by atoms with Crippen molar-refractivity contribution in [2.75, 3.05) is 32.5 Å². The quantitative estimate of drug-likeness (QED) is 0.827. The van der Waals surface area contributed by atoms with Crippen LogP contribution in [-0.2, 0) is 14.8 Å². The maximum atomic E-state index is 12.7. The SMILES string of the molecule is CNc1ncc(S(=O)(=O)N2CCN(C)C(=O)C2(C)C)cn1. The number of aromatic nitrogens is 2. The highest BCUT2D eigenvalue weighted by atomic mass is 32.2. The van der Waals surface area contributed by atoms with Gasteiger partial charge in [0.25, 0.3) is 0 Å². The van der Waals surface area contributed by atoms with Crippen LogP contribution in [0.2, 0.25) is 0 Å². The zero-order valence-electron chi connectivity index (χ0n) is 12.5. The van der Waals surface area contributed by atoms with E-state index in [4.69, 9.17) is 0 Å². The Morgan fingerprint density at radius 2 is 1.81 bits per heavy atom. The van der Waals surface area contributed by atoms with Gasteiger partial charge in [-0.25, -0.2) is 18.4 Å². The molecule has 1 aromatic rings. The minimum atomic E-state index is -3.82. The predicted octanol–water partition coefficient (Wildman–Crippen LogP) is -0.240. The Morgan fingerprint density at radius 3 is 2.33 bits per heavy atom. The van der Waals surface area contributed by atoms with Crippen molar-refractivity contribution in [2.24, 2.45) is 0 Å². The first-order valence-electron chi connectivity index (χ1n) is 6.49. The van der Waals surface area contributed by atoms with Crippen LogP contribution in [-0.4, -0.2) is 66.2 Å². The van der Waals surface area contributed by atoms with Crippen molar-refractivity contribution in [3.63, 3.8) is 0 Å². The Kier molecular flexibility index (Phi) is 3.89. The van der Waals surface area contributed by atoms with Gasteiger partial charge in [0.1, 0.15) is 10.4 Å². The highest BCUT2D eigenvalue weighted by Gasteiger charge is 2.47. The highest BCUT2D eigenvalue weighted by molar-refractivity contribution is 7.89. The Morgan fingerprint density at radius 1 is 1.24 bits per heavy atom. The number of amides is 1. The lowest BCUT2D eigenvalue weighted by molar-refractivity contribution is -0.142. The second kappa shape index (κ2) is 5.23. The maximum Gasteiger partial charge on any atom is 0.247 e. The van der Waals surface area contributed by atoms with Crippen molar-refractivity contribution in [3.8, 4) is 0 Å². The first-order valence-corrected chi connectivity index (χ1v) is 7.93. The molecule has 1 fully saturated rings. The molecule has 0 radical (unpaired) electrons. The number of likely N-dealkylation sites (N-methyl/N-ethyl adjacent to an activating group) is 1. The zero-order valence-corrected chi connectivity index (χ0v) is 13.3. The molecule has 1 aliphatic rings. The van der Waals surface area contributed by atoms with E-state index in [0.717, 1.165) is 0 Å². The van der Waals surface area contributed by atoms with Crippen LogP contribution in [0.15, 0.2) is 17.3 Å². The van der Waals surface area contributed by atoms with Crippen LogP contribution in [0.1, 0.15) is 13.8 Å². The molecular weight excluding hydrogens is 294 g/mol. The molecule has 9 heteroatoms. The van der Waals surface area contributed by atoms with Crippen molar-refractivity contribution in [3.05, 3.63) is 12.4 Å². The number of hydrogen-bond donors (Lipinski definition) is 1. The Hall–Kier alpha value is -1.74. The van der Waals surface area contributed by atoms with Crippen molar-refractivity contribution >= 4 is 21.9 Å². The van der Waals surface area contributed by atoms with Crippen LogP contribution < -0.4 is 5.32 Å². The lowest BCUT2D eigenvalue weighted by atomic mass is 10.0. The molecule has 0 atom stereocenters. The summed E-state index contributed by atoms with van der Waals surface area (Å²) < 4.78 is 26.6. The van der Waals surface area contributed by atoms with E-state index >= 15 is 0 Å². The number of carbonyl (C=O) groups excluding carboxylic acids is 1. The molecule has 2 heterocycles. The van der Waals surface area contributed by atoms with Gasteiger partial charge in [0.05, 0.1) is 12.4 Å². The zero-order chi connectivity index (χ0) is 15.8. The second-order valence-corrected chi connectivity index (χ2v) is 7.22. The summed E-state index contributed by atoms with van der Waals surface area (Å²) in [5, 5.41) is 2.72. The summed E-state index contributed by atoms with van der Waals surface area (Å²) in [5.74, 6) is 0.104. The summed E-state index contributed by atoms with van der Waals surface area (Å²) in [7, 11) is -0.508. The lowest BCUT2D eigenvalue weighted by Gasteiger charge is -2.43. The Balaban J connectivity index is 2.40. The normalized spacial score (nSPS) is 19.6. The van der Waals surface area contributed by atoms with Gasteiger partial charge in [-0.1, -0.05) is 0 Å². The largest absolute Gasteiger partial charge is 0.357 e. The van der Waals surface area contributed by atoms with E-state index in [1.54, 1.807) is 27.9 Å². The molecule has 1 amide bonds. The number of anilines is 1. The molecule has 0 aromatic carbocycles. The summed E-state index contributed by atoms with van der Waals surface area (Å²) in [6.45, 7) is 3.80. The van der Waals surface area contributed by atoms with Gasteiger partial charge >= 0.3 is 0 Å². The molecule has 116 valence electrons. The topological polar surface area (TPSA) is 95.5 Å². The van der Waals surface area contributed by atoms with Gasteiger partial charge < -0.3 is 10.2 Å². The molecule has 21 heavy (non-hydrogen) atoms. The average molecular weight is 313 g/mol. The van der Waals surface area contributed by atoms with Gasteiger partial charge in [0, 0.05) is 27.2 Å². The molecule has 0 aliphatic carbocycles. The Labute approximate surface area is 124 Å². The fourth-order valence-electron chi connectivity index (χ4n) is 2.32. The van der Waals surface area contributed by atoms with Gasteiger partial charge in [0.15, 0.2) is 0 Å². The second-order valence-electron chi connectivity index (χ2n) is 5.36. The van der Waals surface area contributed by atoms with E-state index in [2.05, 4.69) is 15.3 Å². The van der Waals surface area contributed by atoms with Crippen LogP contribution in [0.5, 0.6) is 0 Å². The van der Waals surface area contributed by atoms with Gasteiger partial charge in [-0.15, -0.1) is 0 Å². The molecule has 1 N–H and O–H groups in total. The third-order valence-electron chi connectivity index (χ3n) is 3.57. The van der Waals surface area contributed by atoms with Crippen LogP contribution >= 0.6 is 0 Å². The van der Waals surface area contributed by atoms with Crippen LogP contribution in [0, 0.1) is 0 Å². The van der Waals surface area contributed by atoms with E-state index in [0.29, 0.717) is 12.5 Å². The molecular formula is C12H19N5O3S. The minimum absolute atomic E-state index is 0.0214. The number of sulfonamides is 1. The molecule has 0 bridgehead atoms. The number of hydrogen-bond acceptors (Lipinski definition) is 6. The van der Waals surface area contributed by atoms with Crippen LogP contribution in [0.3, 0.4) is 0 Å². The van der Waals surface area contributed by atoms with E-state index in [1.165, 1.54) is 21.6 Å². The van der Waals surface area contributed by atoms with Crippen molar-refractivity contribution < 1.29 is 13.2 Å². The molecule has 1 saturated heterocycles. The third kappa shape index (κ3) is 2.58. The van der Waals surface area contributed by atoms with Crippen LogP contribution in [0.25, 0.3) is 0 Å². The lowest BCUT2D eigenvalue weighted by Crippen LogP contribution is -2.63. The predicted molar refractivity (Wildman–Crippen MR) is 77.2 cm³/mol. The Bertz CT molecular complexity index is 641. The monoisotopic (exact) mass is 313 g/mol. The maximum absolute atomic E-state index is 12.7. The molecule has 0 spiro atoms. The van der Waals surface area contributed by atoms with E-state index in [1.807, 2.05) is 0 Å². The summed E-state index contributed by atoms with van der Waals surface area (Å²) in [6.07, 6.45) is 2.49. The van der Waals surface area contributed by atoms with Gasteiger partial charge in [-0.3, -0.25) is 4.79 Å². The summed E-state index contributed by atoms with van der Waals surface area (Å²) in [5.41, 5.74) is -1.13. The molecule has 1 aromatic heterocycles. The number of nitrogens with one attached hydrogen (secondary N) is 1. The third-order valence-corrected chi connectivity index (χ3v) is 5.60. The summed E-state index contributed by atoms with van der Waals surface area (Å²) >= 11 is 0. The number of carbonyl (C=O) groups is 1. The minimum Gasteiger partial charge on any atom is -0.357 e. The fourth-order valence-corrected chi connectivity index (χ4v) is 3.95. The highest BCUT2D eigenvalue weighted by Crippen LogP contribution is 2.28. The van der Waals surface area contributed by atoms with E-state index in [9.17, 15) is 13.2 Å². The molecule has 2 rings (SSSR count). The molecule has 0 unspecified atom stereocenters. The van der Waals surface area contributed by atoms with Gasteiger partial charge in [-0.2, -0.15) is 4.31 Å². The standard InChI is InChI=1S/C12H19N5O3S/c1-12(2)10(18)16(4)5-6-17(12)21(19,20)9-7-14-11(13-3)15-8-9/h7-8H,5-6H2,1-4H3,(H,13,14,15). The smallest absolute Gasteiger partial charge is 0.247 e. The van der Waals surface area contributed by atoms with Crippen LogP contribution in [0.4, 0.5) is 5.95 Å². The van der Waals surface area contributed by atoms with Crippen molar-refractivity contribution in [1.82, 2.24) is 19.2 Å². The number of piperazine rings is 1. The van der Waals surface area contributed by atoms with Gasteiger partial charge in [-0.05, 0) is 13.8 Å². The number of nitrogens with zero attached hydrogens (tertiary/aromatic N) is 4.